The molecule has 0 amide bonds. The van der Waals surface area contributed by atoms with Crippen LogP contribution in [0.2, 0.25) is 0 Å². The fraction of sp³-hybridized carbons (Fsp3) is 0.0714. The highest BCUT2D eigenvalue weighted by molar-refractivity contribution is 5.90. The van der Waals surface area contributed by atoms with Crippen molar-refractivity contribution in [3.8, 4) is 0 Å². The highest BCUT2D eigenvalue weighted by atomic mass is 16.5. The van der Waals surface area contributed by atoms with Crippen LogP contribution in [0.5, 0.6) is 0 Å². The Labute approximate surface area is 98.7 Å². The maximum atomic E-state index is 11.7. The average Bonchev–Trinajstić information content (AvgIpc) is 2.40. The molecule has 1 aliphatic rings. The Morgan fingerprint density at radius 2 is 2.00 bits per heavy atom. The summed E-state index contributed by atoms with van der Waals surface area (Å²) in [5, 5.41) is 0. The second kappa shape index (κ2) is 5.10. The Kier molecular flexibility index (Phi) is 3.34. The lowest BCUT2D eigenvalue weighted by molar-refractivity contribution is 0.0632. The Hall–Kier alpha value is -2.38. The van der Waals surface area contributed by atoms with Crippen molar-refractivity contribution >= 4 is 11.9 Å². The number of carbonyl (C=O) groups excluding carboxylic acids is 2. The van der Waals surface area contributed by atoms with E-state index in [9.17, 15) is 9.59 Å². The summed E-state index contributed by atoms with van der Waals surface area (Å²) >= 11 is 0. The van der Waals surface area contributed by atoms with Crippen LogP contribution in [0.15, 0.2) is 59.9 Å². The Bertz CT molecular complexity index is 532. The average molecular weight is 226 g/mol. The van der Waals surface area contributed by atoms with Crippen LogP contribution in [0.25, 0.3) is 0 Å². The zero-order valence-corrected chi connectivity index (χ0v) is 9.05. The van der Waals surface area contributed by atoms with Gasteiger partial charge in [0.25, 0.3) is 0 Å². The molecule has 1 aliphatic carbocycles. The minimum Gasteiger partial charge on any atom is -0.422 e. The van der Waals surface area contributed by atoms with Gasteiger partial charge in [0.1, 0.15) is 11.7 Å². The van der Waals surface area contributed by atoms with E-state index in [2.05, 4.69) is 0 Å². The van der Waals surface area contributed by atoms with E-state index in [1.54, 1.807) is 48.4 Å². The van der Waals surface area contributed by atoms with Gasteiger partial charge >= 0.3 is 5.97 Å². The number of benzene rings is 1. The maximum absolute atomic E-state index is 11.7. The molecule has 0 heterocycles. The van der Waals surface area contributed by atoms with E-state index in [0.717, 1.165) is 0 Å². The molecule has 1 aromatic rings. The number of hydrogen-bond donors (Lipinski definition) is 0. The Morgan fingerprint density at radius 3 is 2.71 bits per heavy atom. The van der Waals surface area contributed by atoms with Crippen molar-refractivity contribution in [2.45, 2.75) is 6.42 Å². The second-order valence-corrected chi connectivity index (χ2v) is 3.50. The van der Waals surface area contributed by atoms with Gasteiger partial charge in [0.2, 0.25) is 0 Å². The third-order valence-corrected chi connectivity index (χ3v) is 2.34. The first-order valence-electron chi connectivity index (χ1n) is 5.19. The van der Waals surface area contributed by atoms with Gasteiger partial charge in [0.15, 0.2) is 0 Å². The molecule has 17 heavy (non-hydrogen) atoms. The topological polar surface area (TPSA) is 43.4 Å². The minimum atomic E-state index is -0.472. The van der Waals surface area contributed by atoms with Gasteiger partial charge in [0, 0.05) is 6.42 Å². The van der Waals surface area contributed by atoms with E-state index in [1.807, 2.05) is 6.07 Å². The molecule has 0 saturated carbocycles. The van der Waals surface area contributed by atoms with E-state index < -0.39 is 5.97 Å². The predicted molar refractivity (Wildman–Crippen MR) is 62.9 cm³/mol. The van der Waals surface area contributed by atoms with E-state index in [4.69, 9.17) is 4.74 Å². The van der Waals surface area contributed by atoms with Crippen molar-refractivity contribution in [1.29, 1.82) is 0 Å². The van der Waals surface area contributed by atoms with E-state index in [0.29, 0.717) is 17.6 Å². The van der Waals surface area contributed by atoms with Crippen LogP contribution in [0.3, 0.4) is 0 Å². The van der Waals surface area contributed by atoms with Crippen LogP contribution in [0, 0.1) is 0 Å². The van der Waals surface area contributed by atoms with E-state index in [1.165, 1.54) is 0 Å². The van der Waals surface area contributed by atoms with E-state index >= 15 is 0 Å². The van der Waals surface area contributed by atoms with Crippen LogP contribution in [0.1, 0.15) is 16.8 Å². The van der Waals surface area contributed by atoms with Crippen molar-refractivity contribution < 1.29 is 14.3 Å². The molecule has 3 nitrogen and oxygen atoms in total. The zero-order valence-electron chi connectivity index (χ0n) is 9.05. The van der Waals surface area contributed by atoms with Gasteiger partial charge in [0.05, 0.1) is 11.1 Å². The van der Waals surface area contributed by atoms with Crippen molar-refractivity contribution in [3.05, 3.63) is 65.5 Å². The lowest BCUT2D eigenvalue weighted by Gasteiger charge is -2.10. The fourth-order valence-electron chi connectivity index (χ4n) is 1.46. The van der Waals surface area contributed by atoms with Gasteiger partial charge in [-0.3, -0.25) is 0 Å². The largest absolute Gasteiger partial charge is 0.422 e. The molecule has 0 N–H and O–H groups in total. The molecule has 0 saturated heterocycles. The third-order valence-electron chi connectivity index (χ3n) is 2.34. The van der Waals surface area contributed by atoms with Crippen molar-refractivity contribution in [1.82, 2.24) is 0 Å². The van der Waals surface area contributed by atoms with Crippen LogP contribution in [0.4, 0.5) is 0 Å². The summed E-state index contributed by atoms with van der Waals surface area (Å²) in [6, 6.07) is 8.64. The first kappa shape index (κ1) is 11.1. The van der Waals surface area contributed by atoms with Crippen molar-refractivity contribution in [2.24, 2.45) is 0 Å². The molecule has 0 bridgehead atoms. The number of allylic oxidation sites excluding steroid dienone is 4. The molecule has 84 valence electrons. The van der Waals surface area contributed by atoms with Crippen LogP contribution in [-0.4, -0.2) is 11.9 Å². The van der Waals surface area contributed by atoms with Crippen LogP contribution in [-0.2, 0) is 9.53 Å². The van der Waals surface area contributed by atoms with Crippen LogP contribution < -0.4 is 0 Å². The van der Waals surface area contributed by atoms with Gasteiger partial charge in [-0.1, -0.05) is 30.4 Å². The summed E-state index contributed by atoms with van der Waals surface area (Å²) < 4.78 is 5.15. The monoisotopic (exact) mass is 226 g/mol. The minimum absolute atomic E-state index is 0.274. The van der Waals surface area contributed by atoms with Crippen molar-refractivity contribution in [3.63, 3.8) is 0 Å². The van der Waals surface area contributed by atoms with Gasteiger partial charge < -0.3 is 4.74 Å². The third kappa shape index (κ3) is 2.60. The molecule has 0 fully saturated rings. The first-order valence-corrected chi connectivity index (χ1v) is 5.19. The molecule has 1 aromatic carbocycles. The predicted octanol–water partition coefficient (Wildman–Crippen LogP) is 2.45. The SMILES string of the molecule is O=C=C1CC=CC=C1OC(=O)c1ccccc1. The summed E-state index contributed by atoms with van der Waals surface area (Å²) in [6.07, 6.45) is 5.58. The summed E-state index contributed by atoms with van der Waals surface area (Å²) in [5.41, 5.74) is 0.810. The van der Waals surface area contributed by atoms with E-state index in [-0.39, 0.29) is 5.76 Å². The highest BCUT2D eigenvalue weighted by Crippen LogP contribution is 2.19. The second-order valence-electron chi connectivity index (χ2n) is 3.50. The summed E-state index contributed by atoms with van der Waals surface area (Å²) in [6.45, 7) is 0. The standard InChI is InChI=1S/C14H10O3/c15-10-12-8-4-5-9-13(12)17-14(16)11-6-2-1-3-7-11/h1-7,9H,8H2. The van der Waals surface area contributed by atoms with Crippen molar-refractivity contribution in [2.75, 3.05) is 0 Å². The van der Waals surface area contributed by atoms with Gasteiger partial charge in [-0.25, -0.2) is 9.59 Å². The molecule has 3 heteroatoms. The zero-order chi connectivity index (χ0) is 12.1. The lowest BCUT2D eigenvalue weighted by atomic mass is 10.1. The number of rotatable bonds is 2. The molecule has 0 unspecified atom stereocenters. The first-order chi connectivity index (χ1) is 8.31. The number of hydrogen-bond acceptors (Lipinski definition) is 3. The molecule has 0 aliphatic heterocycles. The normalized spacial score (nSPS) is 13.9. The summed E-state index contributed by atoms with van der Waals surface area (Å²) in [7, 11) is 0. The molecule has 0 radical (unpaired) electrons. The van der Waals surface area contributed by atoms with Gasteiger partial charge in [-0.15, -0.1) is 0 Å². The van der Waals surface area contributed by atoms with Crippen LogP contribution >= 0.6 is 0 Å². The molecule has 0 aromatic heterocycles. The fourth-order valence-corrected chi connectivity index (χ4v) is 1.46. The highest BCUT2D eigenvalue weighted by Gasteiger charge is 2.15. The maximum Gasteiger partial charge on any atom is 0.343 e. The quantitative estimate of drug-likeness (QED) is 0.574. The number of esters is 1. The Balaban J connectivity index is 2.17. The Morgan fingerprint density at radius 1 is 1.24 bits per heavy atom. The molecular weight excluding hydrogens is 216 g/mol. The summed E-state index contributed by atoms with van der Waals surface area (Å²) in [4.78, 5) is 22.4. The molecular formula is C14H10O3. The van der Waals surface area contributed by atoms with Gasteiger partial charge in [-0.05, 0) is 18.2 Å². The molecule has 2 rings (SSSR count). The smallest absolute Gasteiger partial charge is 0.343 e. The van der Waals surface area contributed by atoms with Gasteiger partial charge in [-0.2, -0.15) is 0 Å². The number of ether oxygens (including phenoxy) is 1. The molecule has 0 spiro atoms. The molecule has 0 atom stereocenters. The summed E-state index contributed by atoms with van der Waals surface area (Å²) in [5.74, 6) is 1.58. The number of carbonyl (C=O) groups is 1. The lowest BCUT2D eigenvalue weighted by Crippen LogP contribution is -2.07.